The number of halogens is 1. The maximum atomic E-state index is 11.3. The second kappa shape index (κ2) is 47.2. The first-order chi connectivity index (χ1) is 59.9. The van der Waals surface area contributed by atoms with Crippen molar-refractivity contribution in [1.29, 1.82) is 0 Å². The summed E-state index contributed by atoms with van der Waals surface area (Å²) in [4.78, 5) is 67.5. The Bertz CT molecular complexity index is 4510. The number of aliphatic hydroxyl groups excluding tert-OH is 7. The molecule has 131 heavy (non-hydrogen) atoms. The number of alkyl halides is 1. The van der Waals surface area contributed by atoms with E-state index in [9.17, 15) is 69.6 Å². The number of carbonyl (C=O) groups excluding carboxylic acids is 6. The van der Waals surface area contributed by atoms with Crippen molar-refractivity contribution in [2.75, 3.05) is 131 Å². The molecule has 20 N–H and O–H groups in total. The Kier molecular flexibility index (Phi) is 41.1. The molecule has 41 heteroatoms. The van der Waals surface area contributed by atoms with Crippen molar-refractivity contribution >= 4 is 138 Å². The molecule has 0 spiro atoms. The van der Waals surface area contributed by atoms with Gasteiger partial charge in [-0.25, -0.2) is 28.8 Å². The zero-order valence-corrected chi connectivity index (χ0v) is 86.0. The Morgan fingerprint density at radius 3 is 0.931 bits per heavy atom. The number of aliphatic hydroxyl groups is 8. The van der Waals surface area contributed by atoms with E-state index in [2.05, 4.69) is 244 Å². The summed E-state index contributed by atoms with van der Waals surface area (Å²) in [6.07, 6.45) is 33.4. The molecule has 34 nitrogen and oxygen atoms in total. The minimum absolute atomic E-state index is 0. The fraction of sp³-hybridized carbons (Fsp3) is 0.600. The van der Waals surface area contributed by atoms with Crippen molar-refractivity contribution in [3.8, 4) is 0 Å². The Balaban J connectivity index is 0.000000242. The molecular formula is C90H151IN12O22P6. The second-order valence-electron chi connectivity index (χ2n) is 39.3. The van der Waals surface area contributed by atoms with Gasteiger partial charge >= 0.3 is 36.2 Å². The Morgan fingerprint density at radius 2 is 0.626 bits per heavy atom. The van der Waals surface area contributed by atoms with Gasteiger partial charge in [-0.05, 0) is 169 Å². The van der Waals surface area contributed by atoms with Gasteiger partial charge in [0.05, 0.1) is 58.4 Å². The Labute approximate surface area is 789 Å². The van der Waals surface area contributed by atoms with Gasteiger partial charge in [-0.15, -0.1) is 79.1 Å². The number of methoxy groups -OCH3 is 2. The molecule has 12 heterocycles. The van der Waals surface area contributed by atoms with Crippen molar-refractivity contribution in [1.82, 2.24) is 63.8 Å². The molecule has 12 aliphatic rings. The van der Waals surface area contributed by atoms with Crippen LogP contribution in [0.2, 0.25) is 0 Å². The quantitative estimate of drug-likeness (QED) is 0.0232. The van der Waals surface area contributed by atoms with Crippen LogP contribution in [0.5, 0.6) is 0 Å². The largest absolute Gasteiger partial charge is 0.390 e. The van der Waals surface area contributed by atoms with Crippen LogP contribution in [0.1, 0.15) is 66.7 Å². The molecule has 0 aromatic rings. The van der Waals surface area contributed by atoms with E-state index in [0.717, 1.165) is 73.8 Å². The number of rotatable bonds is 26. The highest BCUT2D eigenvalue weighted by Gasteiger charge is 2.56. The van der Waals surface area contributed by atoms with Crippen LogP contribution >= 0.6 is 63.9 Å². The summed E-state index contributed by atoms with van der Waals surface area (Å²) in [5.74, 6) is -0.0407. The van der Waals surface area contributed by atoms with Gasteiger partial charge in [0.15, 0.2) is 0 Å². The smallest absolute Gasteiger partial charge is 0.323 e. The molecule has 24 atom stereocenters. The van der Waals surface area contributed by atoms with Crippen molar-refractivity contribution < 1.29 is 108 Å². The molecule has 12 aliphatic heterocycles. The number of nitrogens with one attached hydrogen (secondary N) is 12. The standard InChI is InChI=1S/4C15H25N2O4P.C15H25N2O3P.C14H22IN2O3P.CH4/c1-9-10(8-16-14(20)17-9)12-11(18)13(19)15(2,21-12)6-7-22(3,4)5;1-9-10(8-16-14(19)17-9)13-15(2,20)12(18)11(21-13)6-7-22(3,4)5;2*1-9-10(8-16-15(19)17-9)13-14(20-2)12(18)11(21-13)6-7-22(3,4)5;1-9-13(18)12(6-7-21(3,4)5)20-14(9)11-8-16-15(19)17-10(11)2;1-8-9(7-16-14(19)17-8)13-11(15)12(18)10(20-13)5-6-21(2,3)4;/h8,11-13,18-19H,1,3,6-7H2,2,4-5H3,(H2,16,17,20);8,11-13,18,20H,1,3,6-7H2,2,4-5H3,(H2,16,17,19);2*8,11-14,18H,1,3,6-7H2,2,4-5H3,(H2,16,17,19);8-9,12-14,18H,2-3,6-7H2,1,4-5H3,(H2,16,17,19);7,10-13,18H,1-2,5-6H2,3-4H3,(H2,16,17,19);1H4/t11-,12-,13-,15+;11-,12-,13+,15-;2*11-,12-,13+,14-;9-,12-,13+,14-;10-,11-,12-,13+;/m011111./s1. The first-order valence-electron chi connectivity index (χ1n) is 42.9. The van der Waals surface area contributed by atoms with E-state index in [1.165, 1.54) is 19.3 Å². The first-order valence-corrected chi connectivity index (χ1v) is 62.4. The molecule has 6 fully saturated rings. The molecule has 0 aliphatic carbocycles. The van der Waals surface area contributed by atoms with Crippen LogP contribution in [0.25, 0.3) is 0 Å². The van der Waals surface area contributed by atoms with E-state index in [4.69, 9.17) is 37.9 Å². The molecule has 0 radical (unpaired) electrons. The van der Waals surface area contributed by atoms with E-state index in [1.54, 1.807) is 45.9 Å². The van der Waals surface area contributed by atoms with Crippen LogP contribution in [0.15, 0.2) is 144 Å². The first kappa shape index (κ1) is 114. The Morgan fingerprint density at radius 1 is 0.366 bits per heavy atom. The number of ether oxygens (including phenoxy) is 8. The number of hydrogen-bond donors (Lipinski definition) is 20. The predicted molar refractivity (Wildman–Crippen MR) is 550 cm³/mol. The van der Waals surface area contributed by atoms with E-state index in [1.807, 2.05) is 6.92 Å². The summed E-state index contributed by atoms with van der Waals surface area (Å²) in [7, 11) is 3.09. The lowest BCUT2D eigenvalue weighted by Gasteiger charge is -2.30. The van der Waals surface area contributed by atoms with Gasteiger partial charge in [0.1, 0.15) is 78.8 Å². The Hall–Kier alpha value is -5.61. The summed E-state index contributed by atoms with van der Waals surface area (Å²) in [6.45, 7) is 46.9. The molecule has 12 rings (SSSR count). The normalized spacial score (nSPS) is 33.7. The predicted octanol–water partition coefficient (Wildman–Crippen LogP) is 7.15. The second-order valence-corrected chi connectivity index (χ2v) is 66.6. The van der Waals surface area contributed by atoms with E-state index >= 15 is 0 Å². The molecule has 12 amide bonds. The van der Waals surface area contributed by atoms with Crippen LogP contribution in [0, 0.1) is 5.92 Å². The van der Waals surface area contributed by atoms with Crippen molar-refractivity contribution in [3.63, 3.8) is 0 Å². The fourth-order valence-electron chi connectivity index (χ4n) is 15.9. The number of carbonyl (C=O) groups is 6. The topological polar surface area (TPSA) is 482 Å². The SMILES string of the molecule is C.C=C1NC(=O)NC=C1[C@@H]1O[C@H](CCP(=C)(C)C)[C@@H](O)[C@@]1(C)O.C=C1NC(=O)NC=C1[C@@H]1O[C@H](CCP(=C)(C)C)[C@@H](O)[C@H]1C.C=C1NC(=O)NC=C1[C@@H]1O[C@H](CCP(=C)(C)C)[C@@H](O)[C@H]1I.C=C1NC(=O)NC=C1[C@@H]1O[C@H](CCP(=C)(C)C)[C@@H](O)[C@H]1OC.C=C1NC(=O)NC=C1[C@@H]1O[C@H](CCP(=C)(C)C)[C@@H](O)[C@H]1OC.C=C1NC(=O)NC=C1[C@@H]1O[C@](C)(CCP(=C)(C)C)[C@@H](O)[C@H]1O. The molecule has 0 bridgehead atoms. The summed E-state index contributed by atoms with van der Waals surface area (Å²) in [5.41, 5.74) is 4.49. The minimum Gasteiger partial charge on any atom is -0.390 e. The van der Waals surface area contributed by atoms with Gasteiger partial charge in [0, 0.05) is 125 Å². The van der Waals surface area contributed by atoms with Crippen molar-refractivity contribution in [2.45, 2.75) is 204 Å². The van der Waals surface area contributed by atoms with Gasteiger partial charge in [0.25, 0.3) is 0 Å². The molecule has 0 aromatic heterocycles. The monoisotopic (exact) mass is 2060 g/mol. The average Bonchev–Trinajstić information content (AvgIpc) is 1.63. The summed E-state index contributed by atoms with van der Waals surface area (Å²) in [6, 6.07) is -2.02. The van der Waals surface area contributed by atoms with Crippen LogP contribution in [-0.2, 0) is 37.9 Å². The van der Waals surface area contributed by atoms with Gasteiger partial charge < -0.3 is 143 Å². The van der Waals surface area contributed by atoms with Crippen molar-refractivity contribution in [2.24, 2.45) is 5.92 Å². The van der Waals surface area contributed by atoms with Gasteiger partial charge in [0.2, 0.25) is 0 Å². The lowest BCUT2D eigenvalue weighted by molar-refractivity contribution is -0.0634. The summed E-state index contributed by atoms with van der Waals surface area (Å²) < 4.78 is 46.8. The van der Waals surface area contributed by atoms with E-state index < -0.39 is 138 Å². The molecule has 0 saturated carbocycles. The molecule has 0 aromatic carbocycles. The van der Waals surface area contributed by atoms with Gasteiger partial charge in [-0.2, -0.15) is 0 Å². The number of amides is 12. The zero-order chi connectivity index (χ0) is 98.0. The van der Waals surface area contributed by atoms with E-state index in [0.29, 0.717) is 69.3 Å². The van der Waals surface area contributed by atoms with Crippen molar-refractivity contribution in [3.05, 3.63) is 144 Å². The third kappa shape index (κ3) is 32.2. The van der Waals surface area contributed by atoms with Gasteiger partial charge in [-0.3, -0.25) is 0 Å². The highest BCUT2D eigenvalue weighted by molar-refractivity contribution is 14.1. The third-order valence-electron chi connectivity index (χ3n) is 23.7. The van der Waals surface area contributed by atoms with Crippen LogP contribution in [0.3, 0.4) is 0 Å². The van der Waals surface area contributed by atoms with Gasteiger partial charge in [-0.1, -0.05) is 76.4 Å². The van der Waals surface area contributed by atoms with E-state index in [-0.39, 0.29) is 90.1 Å². The molecule has 6 saturated heterocycles. The number of hydrogen-bond acceptors (Lipinski definition) is 22. The van der Waals surface area contributed by atoms with Crippen LogP contribution in [0.4, 0.5) is 28.8 Å². The molecular weight excluding hydrogens is 1910 g/mol. The maximum absolute atomic E-state index is 11.3. The lowest BCUT2D eigenvalue weighted by Crippen LogP contribution is -2.49. The third-order valence-corrected chi connectivity index (χ3v) is 33.8. The average molecular weight is 2070 g/mol. The molecule has 0 unspecified atom stereocenters. The summed E-state index contributed by atoms with van der Waals surface area (Å²) >= 11 is 2.21. The highest BCUT2D eigenvalue weighted by Crippen LogP contribution is 2.49. The minimum atomic E-state index is -1.45. The maximum Gasteiger partial charge on any atom is 0.323 e. The zero-order valence-electron chi connectivity index (χ0n) is 78.5. The van der Waals surface area contributed by atoms with Crippen LogP contribution in [-0.4, -0.2) is 383 Å². The number of urea groups is 6. The summed E-state index contributed by atoms with van der Waals surface area (Å²) in [5, 5.41) is 114. The van der Waals surface area contributed by atoms with Crippen LogP contribution < -0.4 is 63.8 Å². The molecule has 740 valence electrons. The highest BCUT2D eigenvalue weighted by atomic mass is 127. The lowest BCUT2D eigenvalue weighted by atomic mass is 9.87. The fourth-order valence-corrected chi connectivity index (χ4v) is 22.7.